The molecule has 124 valence electrons. The van der Waals surface area contributed by atoms with Gasteiger partial charge < -0.3 is 9.64 Å². The summed E-state index contributed by atoms with van der Waals surface area (Å²) in [5, 5.41) is 15.0. The number of methoxy groups -OCH3 is 1. The number of carbonyl (C=O) groups excluding carboxylic acids is 1. The first kappa shape index (κ1) is 15.1. The molecule has 3 aromatic rings. The number of hydrogen-bond acceptors (Lipinski definition) is 5. The molecule has 1 amide bonds. The van der Waals surface area contributed by atoms with Crippen LogP contribution in [0.15, 0.2) is 24.5 Å². The molecule has 2 aromatic heterocycles. The summed E-state index contributed by atoms with van der Waals surface area (Å²) in [5.74, 6) is 0.449. The van der Waals surface area contributed by atoms with E-state index in [-0.39, 0.29) is 18.1 Å². The van der Waals surface area contributed by atoms with Crippen molar-refractivity contribution in [2.75, 3.05) is 13.7 Å². The number of benzene rings is 1. The lowest BCUT2D eigenvalue weighted by Gasteiger charge is -2.21. The molecule has 3 heterocycles. The fourth-order valence-electron chi connectivity index (χ4n) is 3.11. The van der Waals surface area contributed by atoms with E-state index in [1.165, 1.54) is 6.33 Å². The summed E-state index contributed by atoms with van der Waals surface area (Å²) < 4.78 is 5.44. The van der Waals surface area contributed by atoms with Gasteiger partial charge in [0.1, 0.15) is 12.2 Å². The molecule has 0 spiro atoms. The fourth-order valence-corrected chi connectivity index (χ4v) is 3.28. The molecule has 24 heavy (non-hydrogen) atoms. The van der Waals surface area contributed by atoms with Crippen LogP contribution in [0.4, 0.5) is 0 Å². The minimum Gasteiger partial charge on any atom is -0.380 e. The first-order valence-corrected chi connectivity index (χ1v) is 7.88. The molecule has 1 fully saturated rings. The summed E-state index contributed by atoms with van der Waals surface area (Å²) in [6, 6.07) is 5.07. The van der Waals surface area contributed by atoms with E-state index in [4.69, 9.17) is 16.3 Å². The van der Waals surface area contributed by atoms with Crippen LogP contribution in [0.2, 0.25) is 5.02 Å². The van der Waals surface area contributed by atoms with Crippen molar-refractivity contribution in [2.24, 2.45) is 0 Å². The van der Waals surface area contributed by atoms with E-state index in [1.54, 1.807) is 30.2 Å². The Morgan fingerprint density at radius 3 is 3.04 bits per heavy atom. The Labute approximate surface area is 142 Å². The number of amides is 1. The molecule has 0 saturated carbocycles. The summed E-state index contributed by atoms with van der Waals surface area (Å²) in [7, 11) is 1.64. The monoisotopic (exact) mass is 346 g/mol. The molecule has 4 rings (SSSR count). The Balaban J connectivity index is 1.72. The Bertz CT molecular complexity index is 877. The van der Waals surface area contributed by atoms with Crippen molar-refractivity contribution < 1.29 is 9.53 Å². The third-order valence-corrected chi connectivity index (χ3v) is 4.57. The van der Waals surface area contributed by atoms with Crippen LogP contribution in [0, 0.1) is 0 Å². The maximum atomic E-state index is 13.1. The zero-order valence-corrected chi connectivity index (χ0v) is 13.6. The van der Waals surface area contributed by atoms with Gasteiger partial charge in [-0.3, -0.25) is 15.0 Å². The van der Waals surface area contributed by atoms with E-state index in [2.05, 4.69) is 25.4 Å². The number of hydrogen-bond donors (Lipinski definition) is 2. The molecular formula is C15H15ClN6O2. The van der Waals surface area contributed by atoms with Gasteiger partial charge in [0.05, 0.1) is 17.7 Å². The molecule has 0 unspecified atom stereocenters. The standard InChI is InChI=1S/C15H15ClN6O2/c1-24-9-5-12(14-17-7-18-21-14)22(6-9)15(23)13-10-4-8(16)2-3-11(10)19-20-13/h2-4,7,9,12H,5-6H2,1H3,(H,19,20)(H,17,18,21)/t9-,12+/m1/s1. The molecule has 9 heteroatoms. The second kappa shape index (κ2) is 5.88. The minimum atomic E-state index is -0.226. The fraction of sp³-hybridized carbons (Fsp3) is 0.333. The summed E-state index contributed by atoms with van der Waals surface area (Å²) in [5.41, 5.74) is 1.11. The third kappa shape index (κ3) is 2.44. The molecule has 8 nitrogen and oxygen atoms in total. The number of nitrogens with zero attached hydrogens (tertiary/aromatic N) is 4. The minimum absolute atomic E-state index is 0.0576. The van der Waals surface area contributed by atoms with Crippen molar-refractivity contribution in [3.05, 3.63) is 41.1 Å². The molecule has 0 radical (unpaired) electrons. The van der Waals surface area contributed by atoms with Gasteiger partial charge in [-0.15, -0.1) is 0 Å². The largest absolute Gasteiger partial charge is 0.380 e. The molecule has 0 aliphatic carbocycles. The third-order valence-electron chi connectivity index (χ3n) is 4.33. The number of fused-ring (bicyclic) bond motifs is 1. The summed E-state index contributed by atoms with van der Waals surface area (Å²) in [4.78, 5) is 19.0. The number of carbonyl (C=O) groups is 1. The number of halogens is 1. The van der Waals surface area contributed by atoms with E-state index >= 15 is 0 Å². The van der Waals surface area contributed by atoms with E-state index < -0.39 is 0 Å². The van der Waals surface area contributed by atoms with Gasteiger partial charge in [0.15, 0.2) is 5.69 Å². The van der Waals surface area contributed by atoms with Crippen LogP contribution < -0.4 is 0 Å². The molecule has 1 saturated heterocycles. The van der Waals surface area contributed by atoms with Gasteiger partial charge in [-0.2, -0.15) is 10.2 Å². The maximum Gasteiger partial charge on any atom is 0.275 e. The van der Waals surface area contributed by atoms with Gasteiger partial charge in [0.2, 0.25) is 0 Å². The summed E-state index contributed by atoms with van der Waals surface area (Å²) in [6.45, 7) is 0.468. The lowest BCUT2D eigenvalue weighted by atomic mass is 10.1. The van der Waals surface area contributed by atoms with Gasteiger partial charge in [-0.1, -0.05) is 11.6 Å². The van der Waals surface area contributed by atoms with Crippen LogP contribution in [0.5, 0.6) is 0 Å². The van der Waals surface area contributed by atoms with Crippen LogP contribution >= 0.6 is 11.6 Å². The molecule has 1 aromatic carbocycles. The van der Waals surface area contributed by atoms with Crippen LogP contribution in [-0.4, -0.2) is 55.9 Å². The number of ether oxygens (including phenoxy) is 1. The van der Waals surface area contributed by atoms with E-state index in [0.717, 1.165) is 5.52 Å². The Morgan fingerprint density at radius 2 is 2.29 bits per heavy atom. The van der Waals surface area contributed by atoms with Crippen LogP contribution in [0.3, 0.4) is 0 Å². The highest BCUT2D eigenvalue weighted by Gasteiger charge is 2.39. The Morgan fingerprint density at radius 1 is 1.42 bits per heavy atom. The highest BCUT2D eigenvalue weighted by molar-refractivity contribution is 6.31. The zero-order chi connectivity index (χ0) is 16.7. The molecule has 2 atom stereocenters. The molecular weight excluding hydrogens is 332 g/mol. The summed E-state index contributed by atoms with van der Waals surface area (Å²) >= 11 is 6.06. The average Bonchev–Trinajstić information content (AvgIpc) is 3.31. The normalized spacial score (nSPS) is 20.8. The molecule has 1 aliphatic rings. The van der Waals surface area contributed by atoms with Gasteiger partial charge in [-0.05, 0) is 18.2 Å². The Kier molecular flexibility index (Phi) is 3.70. The van der Waals surface area contributed by atoms with Crippen LogP contribution in [0.1, 0.15) is 28.8 Å². The SMILES string of the molecule is CO[C@@H]1C[C@@H](c2ncn[nH]2)N(C(=O)c2n[nH]c3ccc(Cl)cc23)C1. The number of rotatable bonds is 3. The lowest BCUT2D eigenvalue weighted by Crippen LogP contribution is -2.32. The molecule has 1 aliphatic heterocycles. The number of aromatic nitrogens is 5. The highest BCUT2D eigenvalue weighted by atomic mass is 35.5. The number of likely N-dealkylation sites (tertiary alicyclic amines) is 1. The van der Waals surface area contributed by atoms with Crippen molar-refractivity contribution in [1.29, 1.82) is 0 Å². The first-order valence-electron chi connectivity index (χ1n) is 7.50. The number of aromatic amines is 2. The van der Waals surface area contributed by atoms with Gasteiger partial charge in [0.25, 0.3) is 5.91 Å². The summed E-state index contributed by atoms with van der Waals surface area (Å²) in [6.07, 6.45) is 2.03. The molecule has 0 bridgehead atoms. The predicted molar refractivity (Wildman–Crippen MR) is 86.7 cm³/mol. The molecule has 2 N–H and O–H groups in total. The Hall–Kier alpha value is -2.45. The van der Waals surface area contributed by atoms with E-state index in [0.29, 0.717) is 34.9 Å². The van der Waals surface area contributed by atoms with Crippen molar-refractivity contribution in [3.63, 3.8) is 0 Å². The number of nitrogens with one attached hydrogen (secondary N) is 2. The topological polar surface area (TPSA) is 99.8 Å². The predicted octanol–water partition coefficient (Wildman–Crippen LogP) is 1.94. The maximum absolute atomic E-state index is 13.1. The van der Waals surface area contributed by atoms with Crippen molar-refractivity contribution in [1.82, 2.24) is 30.3 Å². The van der Waals surface area contributed by atoms with Gasteiger partial charge in [0, 0.05) is 30.5 Å². The van der Waals surface area contributed by atoms with Crippen molar-refractivity contribution >= 4 is 28.4 Å². The first-order chi connectivity index (χ1) is 11.7. The van der Waals surface area contributed by atoms with Crippen molar-refractivity contribution in [2.45, 2.75) is 18.6 Å². The lowest BCUT2D eigenvalue weighted by molar-refractivity contribution is 0.0680. The number of H-pyrrole nitrogens is 2. The second-order valence-corrected chi connectivity index (χ2v) is 6.14. The second-order valence-electron chi connectivity index (χ2n) is 5.70. The quantitative estimate of drug-likeness (QED) is 0.755. The van der Waals surface area contributed by atoms with Crippen LogP contribution in [-0.2, 0) is 4.74 Å². The van der Waals surface area contributed by atoms with Gasteiger partial charge in [-0.25, -0.2) is 4.98 Å². The van der Waals surface area contributed by atoms with E-state index in [1.807, 2.05) is 0 Å². The van der Waals surface area contributed by atoms with Crippen molar-refractivity contribution in [3.8, 4) is 0 Å². The van der Waals surface area contributed by atoms with Crippen LogP contribution in [0.25, 0.3) is 10.9 Å². The smallest absolute Gasteiger partial charge is 0.275 e. The zero-order valence-electron chi connectivity index (χ0n) is 12.9. The average molecular weight is 347 g/mol. The van der Waals surface area contributed by atoms with Gasteiger partial charge >= 0.3 is 0 Å². The highest BCUT2D eigenvalue weighted by Crippen LogP contribution is 2.33. The van der Waals surface area contributed by atoms with E-state index in [9.17, 15) is 4.79 Å².